The molecule has 0 aromatic heterocycles. The molecular weight excluding hydrogens is 360 g/mol. The molecule has 144 valence electrons. The number of rotatable bonds is 7. The fourth-order valence-corrected chi connectivity index (χ4v) is 2.50. The van der Waals surface area contributed by atoms with Crippen molar-refractivity contribution in [2.45, 2.75) is 39.4 Å². The first kappa shape index (κ1) is 20.8. The number of hydrogen-bond donors (Lipinski definition) is 3. The Morgan fingerprint density at radius 3 is 2.00 bits per heavy atom. The quantitative estimate of drug-likeness (QED) is 0.501. The number of amides is 1. The molecule has 5 nitrogen and oxygen atoms in total. The van der Waals surface area contributed by atoms with Gasteiger partial charge in [-0.3, -0.25) is 9.79 Å². The first-order valence-electron chi connectivity index (χ1n) is 9.10. The van der Waals surface area contributed by atoms with Crippen LogP contribution in [0.3, 0.4) is 0 Å². The number of guanidine groups is 1. The van der Waals surface area contributed by atoms with Gasteiger partial charge in [-0.25, -0.2) is 0 Å². The molecule has 0 saturated carbocycles. The van der Waals surface area contributed by atoms with Crippen LogP contribution in [0, 0.1) is 0 Å². The summed E-state index contributed by atoms with van der Waals surface area (Å²) in [6.45, 7) is 5.32. The monoisotopic (exact) mass is 386 g/mol. The molecule has 3 N–H and O–H groups in total. The van der Waals surface area contributed by atoms with Gasteiger partial charge >= 0.3 is 0 Å². The van der Waals surface area contributed by atoms with Crippen molar-refractivity contribution in [3.05, 3.63) is 70.2 Å². The minimum absolute atomic E-state index is 0.0377. The van der Waals surface area contributed by atoms with Gasteiger partial charge in [-0.05, 0) is 48.7 Å². The predicted molar refractivity (Wildman–Crippen MR) is 112 cm³/mol. The zero-order valence-electron chi connectivity index (χ0n) is 16.1. The Hall–Kier alpha value is -2.53. The molecule has 0 aliphatic rings. The molecule has 2 aromatic rings. The summed E-state index contributed by atoms with van der Waals surface area (Å²) in [6.07, 6.45) is 0.913. The van der Waals surface area contributed by atoms with Crippen molar-refractivity contribution < 1.29 is 4.79 Å². The van der Waals surface area contributed by atoms with Crippen molar-refractivity contribution >= 4 is 23.5 Å². The van der Waals surface area contributed by atoms with Crippen molar-refractivity contribution in [1.29, 1.82) is 0 Å². The summed E-state index contributed by atoms with van der Waals surface area (Å²) in [7, 11) is 1.74. The molecule has 1 unspecified atom stereocenters. The number of halogens is 1. The Bertz CT molecular complexity index is 757. The maximum absolute atomic E-state index is 12.1. The number of hydrogen-bond acceptors (Lipinski definition) is 2. The van der Waals surface area contributed by atoms with Gasteiger partial charge in [-0.2, -0.15) is 0 Å². The minimum Gasteiger partial charge on any atom is -0.352 e. The normalized spacial score (nSPS) is 12.4. The molecule has 0 spiro atoms. The molecule has 6 heteroatoms. The fraction of sp³-hybridized carbons (Fsp3) is 0.333. The highest BCUT2D eigenvalue weighted by atomic mass is 35.5. The van der Waals surface area contributed by atoms with Crippen molar-refractivity contribution in [2.24, 2.45) is 4.99 Å². The third kappa shape index (κ3) is 6.94. The van der Waals surface area contributed by atoms with Crippen LogP contribution in [0.4, 0.5) is 0 Å². The molecule has 0 radical (unpaired) electrons. The Labute approximate surface area is 166 Å². The highest BCUT2D eigenvalue weighted by Crippen LogP contribution is 2.09. The number of aliphatic imine (C=N–C) groups is 1. The molecular formula is C21H27ClN4O. The topological polar surface area (TPSA) is 65.5 Å². The summed E-state index contributed by atoms with van der Waals surface area (Å²) in [5.74, 6) is 0.674. The van der Waals surface area contributed by atoms with E-state index in [9.17, 15) is 4.79 Å². The van der Waals surface area contributed by atoms with Crippen LogP contribution in [0.25, 0.3) is 0 Å². The van der Waals surface area contributed by atoms with Crippen LogP contribution in [-0.4, -0.2) is 25.0 Å². The fourth-order valence-electron chi connectivity index (χ4n) is 2.38. The Morgan fingerprint density at radius 1 is 1.00 bits per heavy atom. The van der Waals surface area contributed by atoms with Crippen LogP contribution in [-0.2, 0) is 13.1 Å². The summed E-state index contributed by atoms with van der Waals surface area (Å²) in [4.78, 5) is 16.3. The van der Waals surface area contributed by atoms with Gasteiger partial charge in [-0.15, -0.1) is 0 Å². The maximum Gasteiger partial charge on any atom is 0.251 e. The van der Waals surface area contributed by atoms with E-state index in [1.807, 2.05) is 62.4 Å². The number of nitrogens with one attached hydrogen (secondary N) is 3. The van der Waals surface area contributed by atoms with Crippen LogP contribution in [0.2, 0.25) is 5.02 Å². The number of nitrogens with zero attached hydrogens (tertiary/aromatic N) is 1. The molecule has 0 bridgehead atoms. The van der Waals surface area contributed by atoms with E-state index in [2.05, 4.69) is 20.9 Å². The van der Waals surface area contributed by atoms with Gasteiger partial charge in [0.15, 0.2) is 5.96 Å². The van der Waals surface area contributed by atoms with Gasteiger partial charge in [0.1, 0.15) is 0 Å². The Kier molecular flexibility index (Phi) is 8.14. The molecule has 0 heterocycles. The first-order chi connectivity index (χ1) is 13.0. The van der Waals surface area contributed by atoms with E-state index in [0.717, 1.165) is 22.6 Å². The lowest BCUT2D eigenvalue weighted by molar-refractivity contribution is 0.0939. The number of benzene rings is 2. The van der Waals surface area contributed by atoms with Gasteiger partial charge in [-0.1, -0.05) is 42.8 Å². The van der Waals surface area contributed by atoms with E-state index in [0.29, 0.717) is 24.6 Å². The van der Waals surface area contributed by atoms with Crippen molar-refractivity contribution in [3.8, 4) is 0 Å². The van der Waals surface area contributed by atoms with Gasteiger partial charge in [0.2, 0.25) is 0 Å². The highest BCUT2D eigenvalue weighted by Gasteiger charge is 2.08. The van der Waals surface area contributed by atoms with E-state index < -0.39 is 0 Å². The summed E-state index contributed by atoms with van der Waals surface area (Å²) < 4.78 is 0. The van der Waals surface area contributed by atoms with Crippen molar-refractivity contribution in [3.63, 3.8) is 0 Å². The minimum atomic E-state index is -0.0377. The number of carbonyl (C=O) groups is 1. The smallest absolute Gasteiger partial charge is 0.251 e. The Balaban J connectivity index is 1.83. The molecule has 1 atom stereocenters. The van der Waals surface area contributed by atoms with E-state index in [1.54, 1.807) is 7.05 Å². The average Bonchev–Trinajstić information content (AvgIpc) is 2.69. The summed E-state index contributed by atoms with van der Waals surface area (Å²) in [5.41, 5.74) is 2.87. The molecule has 0 fully saturated rings. The molecule has 1 amide bonds. The lowest BCUT2D eigenvalue weighted by Gasteiger charge is -2.13. The van der Waals surface area contributed by atoms with Gasteiger partial charge in [0, 0.05) is 36.8 Å². The van der Waals surface area contributed by atoms with Crippen LogP contribution < -0.4 is 16.0 Å². The highest BCUT2D eigenvalue weighted by molar-refractivity contribution is 6.30. The summed E-state index contributed by atoms with van der Waals surface area (Å²) in [6, 6.07) is 15.5. The maximum atomic E-state index is 12.1. The van der Waals surface area contributed by atoms with E-state index in [4.69, 9.17) is 11.6 Å². The summed E-state index contributed by atoms with van der Waals surface area (Å²) >= 11 is 5.90. The van der Waals surface area contributed by atoms with Crippen LogP contribution in [0.1, 0.15) is 41.8 Å². The van der Waals surface area contributed by atoms with Crippen LogP contribution in [0.5, 0.6) is 0 Å². The van der Waals surface area contributed by atoms with E-state index in [1.165, 1.54) is 0 Å². The predicted octanol–water partition coefficient (Wildman–Crippen LogP) is 3.73. The standard InChI is InChI=1S/C21H27ClN4O/c1-4-15(2)26-20(27)18-9-5-16(6-10-18)13-24-21(23-3)25-14-17-7-11-19(22)12-8-17/h5-12,15H,4,13-14H2,1-3H3,(H,26,27)(H2,23,24,25). The second kappa shape index (κ2) is 10.6. The largest absolute Gasteiger partial charge is 0.352 e. The van der Waals surface area contributed by atoms with Gasteiger partial charge in [0.05, 0.1) is 0 Å². The van der Waals surface area contributed by atoms with Gasteiger partial charge in [0.25, 0.3) is 5.91 Å². The second-order valence-electron chi connectivity index (χ2n) is 6.39. The SMILES string of the molecule is CCC(C)NC(=O)c1ccc(CNC(=NC)NCc2ccc(Cl)cc2)cc1. The molecule has 2 aromatic carbocycles. The number of carbonyl (C=O) groups excluding carboxylic acids is 1. The third-order valence-corrected chi connectivity index (χ3v) is 4.51. The average molecular weight is 387 g/mol. The summed E-state index contributed by atoms with van der Waals surface area (Å²) in [5, 5.41) is 10.2. The lowest BCUT2D eigenvalue weighted by atomic mass is 10.1. The Morgan fingerprint density at radius 2 is 1.52 bits per heavy atom. The van der Waals surface area contributed by atoms with Crippen LogP contribution in [0.15, 0.2) is 53.5 Å². The third-order valence-electron chi connectivity index (χ3n) is 4.26. The second-order valence-corrected chi connectivity index (χ2v) is 6.82. The zero-order chi connectivity index (χ0) is 19.6. The van der Waals surface area contributed by atoms with Crippen molar-refractivity contribution in [1.82, 2.24) is 16.0 Å². The van der Waals surface area contributed by atoms with E-state index >= 15 is 0 Å². The lowest BCUT2D eigenvalue weighted by Crippen LogP contribution is -2.36. The first-order valence-corrected chi connectivity index (χ1v) is 9.48. The van der Waals surface area contributed by atoms with E-state index in [-0.39, 0.29) is 11.9 Å². The molecule has 27 heavy (non-hydrogen) atoms. The molecule has 0 aliphatic carbocycles. The molecule has 0 saturated heterocycles. The van der Waals surface area contributed by atoms with Crippen LogP contribution >= 0.6 is 11.6 Å². The molecule has 2 rings (SSSR count). The molecule has 0 aliphatic heterocycles. The van der Waals surface area contributed by atoms with Crippen molar-refractivity contribution in [2.75, 3.05) is 7.05 Å². The van der Waals surface area contributed by atoms with Gasteiger partial charge < -0.3 is 16.0 Å². The zero-order valence-corrected chi connectivity index (χ0v) is 16.8.